The Morgan fingerprint density at radius 2 is 1.87 bits per heavy atom. The van der Waals surface area contributed by atoms with Crippen LogP contribution in [0.2, 0.25) is 5.02 Å². The lowest BCUT2D eigenvalue weighted by Gasteiger charge is -2.10. The number of hydrogen-bond donors (Lipinski definition) is 3. The number of phenols is 2. The number of fused-ring (bicyclic) bond motifs is 2. The molecular formula is C22H16ClN3O3S. The first kappa shape index (κ1) is 20.0. The highest BCUT2D eigenvalue weighted by molar-refractivity contribution is 8.00. The number of phenolic OH excluding ortho intramolecular Hbond substituents is 2. The number of thioether (sulfide) groups is 1. The molecule has 1 aromatic heterocycles. The van der Waals surface area contributed by atoms with Gasteiger partial charge in [-0.15, -0.1) is 11.8 Å². The number of aromatic hydroxyl groups is 2. The third-order valence-corrected chi connectivity index (χ3v) is 5.72. The van der Waals surface area contributed by atoms with E-state index >= 15 is 0 Å². The van der Waals surface area contributed by atoms with Crippen LogP contribution in [0.3, 0.4) is 0 Å². The lowest BCUT2D eigenvalue weighted by molar-refractivity contribution is -0.118. The second-order valence-corrected chi connectivity index (χ2v) is 7.87. The number of benzene rings is 3. The van der Waals surface area contributed by atoms with E-state index in [4.69, 9.17) is 11.6 Å². The van der Waals surface area contributed by atoms with Crippen molar-refractivity contribution in [1.29, 1.82) is 0 Å². The Hall–Kier alpha value is -3.29. The maximum atomic E-state index is 12.3. The van der Waals surface area contributed by atoms with Gasteiger partial charge in [-0.25, -0.2) is 10.4 Å². The highest BCUT2D eigenvalue weighted by Gasteiger charge is 2.12. The second-order valence-electron chi connectivity index (χ2n) is 6.44. The van der Waals surface area contributed by atoms with Crippen LogP contribution in [-0.4, -0.2) is 33.1 Å². The molecule has 0 fully saturated rings. The Kier molecular flexibility index (Phi) is 5.74. The SMILES string of the molecule is O=C(CSc1c2ccccc2nc2ccc(Cl)cc12)N/N=C/c1ccc(O)cc1O. The molecule has 150 valence electrons. The monoisotopic (exact) mass is 437 g/mol. The Morgan fingerprint density at radius 1 is 1.07 bits per heavy atom. The average molecular weight is 438 g/mol. The van der Waals surface area contributed by atoms with E-state index in [1.807, 2.05) is 36.4 Å². The summed E-state index contributed by atoms with van der Waals surface area (Å²) in [6.07, 6.45) is 1.31. The molecule has 0 bridgehead atoms. The van der Waals surface area contributed by atoms with Crippen LogP contribution in [0.5, 0.6) is 11.5 Å². The van der Waals surface area contributed by atoms with Crippen LogP contribution in [0.1, 0.15) is 5.56 Å². The minimum atomic E-state index is -0.300. The molecule has 0 spiro atoms. The predicted molar refractivity (Wildman–Crippen MR) is 120 cm³/mol. The standard InChI is InChI=1S/C22H16ClN3O3S/c23-14-6-8-19-17(9-14)22(16-3-1-2-4-18(16)25-19)30-12-21(29)26-24-11-13-5-7-15(27)10-20(13)28/h1-11,27-28H,12H2,(H,26,29)/b24-11+. The van der Waals surface area contributed by atoms with Crippen LogP contribution < -0.4 is 5.43 Å². The molecule has 0 saturated carbocycles. The van der Waals surface area contributed by atoms with Crippen molar-refractivity contribution in [3.05, 3.63) is 71.2 Å². The number of aromatic nitrogens is 1. The van der Waals surface area contributed by atoms with Crippen molar-refractivity contribution in [2.24, 2.45) is 5.10 Å². The fourth-order valence-corrected chi connectivity index (χ4v) is 4.13. The van der Waals surface area contributed by atoms with Gasteiger partial charge in [-0.1, -0.05) is 29.8 Å². The molecule has 4 aromatic rings. The van der Waals surface area contributed by atoms with Crippen LogP contribution in [0.15, 0.2) is 70.7 Å². The number of nitrogens with zero attached hydrogens (tertiary/aromatic N) is 2. The zero-order chi connectivity index (χ0) is 21.1. The number of halogens is 1. The second kappa shape index (κ2) is 8.61. The number of pyridine rings is 1. The summed E-state index contributed by atoms with van der Waals surface area (Å²) in [4.78, 5) is 17.9. The molecule has 0 aliphatic rings. The summed E-state index contributed by atoms with van der Waals surface area (Å²) in [6, 6.07) is 17.4. The molecule has 8 heteroatoms. The molecule has 3 aromatic carbocycles. The molecule has 0 aliphatic heterocycles. The number of hydrogen-bond acceptors (Lipinski definition) is 6. The minimum Gasteiger partial charge on any atom is -0.508 e. The molecule has 3 N–H and O–H groups in total. The first-order valence-electron chi connectivity index (χ1n) is 8.96. The maximum absolute atomic E-state index is 12.3. The fraction of sp³-hybridized carbons (Fsp3) is 0.0455. The molecule has 1 amide bonds. The summed E-state index contributed by atoms with van der Waals surface area (Å²) in [6.45, 7) is 0. The van der Waals surface area contributed by atoms with Crippen molar-refractivity contribution in [2.75, 3.05) is 5.75 Å². The van der Waals surface area contributed by atoms with E-state index in [0.717, 1.165) is 26.7 Å². The average Bonchev–Trinajstić information content (AvgIpc) is 2.73. The molecule has 1 heterocycles. The first-order chi connectivity index (χ1) is 14.5. The van der Waals surface area contributed by atoms with Gasteiger partial charge in [0.1, 0.15) is 11.5 Å². The number of amides is 1. The van der Waals surface area contributed by atoms with E-state index in [0.29, 0.717) is 10.6 Å². The largest absolute Gasteiger partial charge is 0.508 e. The van der Waals surface area contributed by atoms with Gasteiger partial charge in [0.15, 0.2) is 0 Å². The number of hydrazone groups is 1. The summed E-state index contributed by atoms with van der Waals surface area (Å²) in [5.74, 6) is -0.351. The number of carbonyl (C=O) groups excluding carboxylic acids is 1. The first-order valence-corrected chi connectivity index (χ1v) is 10.3. The normalized spacial score (nSPS) is 11.4. The Labute approximate surface area is 181 Å². The Bertz CT molecular complexity index is 1290. The molecule has 0 aliphatic carbocycles. The topological polar surface area (TPSA) is 94.8 Å². The predicted octanol–water partition coefficient (Wildman–Crippen LogP) is 4.70. The van der Waals surface area contributed by atoms with Crippen molar-refractivity contribution in [2.45, 2.75) is 4.90 Å². The van der Waals surface area contributed by atoms with E-state index in [1.54, 1.807) is 6.07 Å². The minimum absolute atomic E-state index is 0.0537. The number of rotatable bonds is 5. The van der Waals surface area contributed by atoms with Gasteiger partial charge in [0.25, 0.3) is 0 Å². The Balaban J connectivity index is 1.53. The van der Waals surface area contributed by atoms with Crippen LogP contribution in [0.25, 0.3) is 21.8 Å². The van der Waals surface area contributed by atoms with Gasteiger partial charge >= 0.3 is 0 Å². The zero-order valence-electron chi connectivity index (χ0n) is 15.5. The summed E-state index contributed by atoms with van der Waals surface area (Å²) < 4.78 is 0. The van der Waals surface area contributed by atoms with Gasteiger partial charge < -0.3 is 10.2 Å². The lowest BCUT2D eigenvalue weighted by Crippen LogP contribution is -2.19. The fourth-order valence-electron chi connectivity index (χ4n) is 2.97. The zero-order valence-corrected chi connectivity index (χ0v) is 17.1. The molecule has 0 atom stereocenters. The van der Waals surface area contributed by atoms with Crippen molar-refractivity contribution < 1.29 is 15.0 Å². The van der Waals surface area contributed by atoms with Crippen molar-refractivity contribution in [3.8, 4) is 11.5 Å². The maximum Gasteiger partial charge on any atom is 0.250 e. The summed E-state index contributed by atoms with van der Waals surface area (Å²) in [5.41, 5.74) is 4.47. The molecule has 0 saturated heterocycles. The van der Waals surface area contributed by atoms with Crippen molar-refractivity contribution in [3.63, 3.8) is 0 Å². The molecule has 0 unspecified atom stereocenters. The van der Waals surface area contributed by atoms with Crippen molar-refractivity contribution in [1.82, 2.24) is 10.4 Å². The molecule has 0 radical (unpaired) electrons. The number of para-hydroxylation sites is 1. The van der Waals surface area contributed by atoms with E-state index in [-0.39, 0.29) is 23.2 Å². The highest BCUT2D eigenvalue weighted by Crippen LogP contribution is 2.35. The molecule has 4 rings (SSSR count). The third-order valence-electron chi connectivity index (χ3n) is 4.35. The third kappa shape index (κ3) is 4.32. The molecule has 6 nitrogen and oxygen atoms in total. The number of nitrogens with one attached hydrogen (secondary N) is 1. The van der Waals surface area contributed by atoms with E-state index in [1.165, 1.54) is 36.2 Å². The van der Waals surface area contributed by atoms with Gasteiger partial charge in [0.2, 0.25) is 5.91 Å². The van der Waals surface area contributed by atoms with Gasteiger partial charge in [-0.2, -0.15) is 5.10 Å². The van der Waals surface area contributed by atoms with E-state index in [2.05, 4.69) is 15.5 Å². The van der Waals surface area contributed by atoms with Crippen molar-refractivity contribution >= 4 is 57.3 Å². The highest BCUT2D eigenvalue weighted by atomic mass is 35.5. The van der Waals surface area contributed by atoms with Gasteiger partial charge in [-0.05, 0) is 36.4 Å². The van der Waals surface area contributed by atoms with Gasteiger partial charge in [-0.3, -0.25) is 4.79 Å². The van der Waals surface area contributed by atoms with E-state index in [9.17, 15) is 15.0 Å². The van der Waals surface area contributed by atoms with Crippen LogP contribution >= 0.6 is 23.4 Å². The quantitative estimate of drug-likeness (QED) is 0.182. The molecule has 30 heavy (non-hydrogen) atoms. The molecular weight excluding hydrogens is 422 g/mol. The van der Waals surface area contributed by atoms with Crippen LogP contribution in [0.4, 0.5) is 0 Å². The van der Waals surface area contributed by atoms with E-state index < -0.39 is 0 Å². The van der Waals surface area contributed by atoms with Gasteiger partial charge in [0.05, 0.1) is 23.0 Å². The summed E-state index contributed by atoms with van der Waals surface area (Å²) >= 11 is 7.56. The lowest BCUT2D eigenvalue weighted by atomic mass is 10.1. The summed E-state index contributed by atoms with van der Waals surface area (Å²) in [5, 5.41) is 25.4. The smallest absolute Gasteiger partial charge is 0.250 e. The summed E-state index contributed by atoms with van der Waals surface area (Å²) in [7, 11) is 0. The van der Waals surface area contributed by atoms with Crippen LogP contribution in [0, 0.1) is 0 Å². The van der Waals surface area contributed by atoms with Gasteiger partial charge in [0, 0.05) is 32.3 Å². The number of carbonyl (C=O) groups is 1. The Morgan fingerprint density at radius 3 is 2.70 bits per heavy atom. The van der Waals surface area contributed by atoms with Crippen LogP contribution in [-0.2, 0) is 4.79 Å².